The van der Waals surface area contributed by atoms with Crippen LogP contribution >= 0.6 is 0 Å². The fourth-order valence-electron chi connectivity index (χ4n) is 2.30. The monoisotopic (exact) mass is 278 g/mol. The van der Waals surface area contributed by atoms with Crippen LogP contribution in [0, 0.1) is 6.92 Å². The molecule has 1 aromatic rings. The van der Waals surface area contributed by atoms with Crippen LogP contribution in [0.5, 0.6) is 11.8 Å². The third kappa shape index (κ3) is 3.62. The summed E-state index contributed by atoms with van der Waals surface area (Å²) in [6, 6.07) is 3.83. The molecule has 0 radical (unpaired) electrons. The molecule has 1 aromatic heterocycles. The molecule has 1 amide bonds. The minimum Gasteiger partial charge on any atom is -0.478 e. The van der Waals surface area contributed by atoms with E-state index in [-0.39, 0.29) is 12.0 Å². The fourth-order valence-corrected chi connectivity index (χ4v) is 2.30. The van der Waals surface area contributed by atoms with Gasteiger partial charge in [-0.1, -0.05) is 0 Å². The Morgan fingerprint density at radius 2 is 2.10 bits per heavy atom. The van der Waals surface area contributed by atoms with Gasteiger partial charge in [0.05, 0.1) is 6.61 Å². The maximum Gasteiger partial charge on any atom is 0.219 e. The SMILES string of the molecule is CCOc1nc(OC2CCN(C(C)=O)CC2)ccc1C. The van der Waals surface area contributed by atoms with Gasteiger partial charge in [-0.05, 0) is 19.9 Å². The minimum atomic E-state index is 0.121. The molecular weight excluding hydrogens is 256 g/mol. The Morgan fingerprint density at radius 3 is 2.70 bits per heavy atom. The third-order valence-corrected chi connectivity index (χ3v) is 3.48. The van der Waals surface area contributed by atoms with E-state index in [0.29, 0.717) is 18.4 Å². The summed E-state index contributed by atoms with van der Waals surface area (Å²) >= 11 is 0. The van der Waals surface area contributed by atoms with Gasteiger partial charge in [-0.2, -0.15) is 4.98 Å². The number of carbonyl (C=O) groups is 1. The van der Waals surface area contributed by atoms with Crippen molar-refractivity contribution in [2.24, 2.45) is 0 Å². The molecule has 2 heterocycles. The molecular formula is C15H22N2O3. The molecule has 0 N–H and O–H groups in total. The van der Waals surface area contributed by atoms with Crippen molar-refractivity contribution in [1.29, 1.82) is 0 Å². The van der Waals surface area contributed by atoms with Crippen LogP contribution in [0.4, 0.5) is 0 Å². The van der Waals surface area contributed by atoms with Crippen LogP contribution in [0.15, 0.2) is 12.1 Å². The molecule has 20 heavy (non-hydrogen) atoms. The van der Waals surface area contributed by atoms with E-state index >= 15 is 0 Å². The Kier molecular flexibility index (Phi) is 4.82. The Labute approximate surface area is 119 Å². The molecule has 0 unspecified atom stereocenters. The third-order valence-electron chi connectivity index (χ3n) is 3.48. The zero-order valence-electron chi connectivity index (χ0n) is 12.4. The number of likely N-dealkylation sites (tertiary alicyclic amines) is 1. The van der Waals surface area contributed by atoms with Gasteiger partial charge >= 0.3 is 0 Å². The van der Waals surface area contributed by atoms with Crippen molar-refractivity contribution in [3.63, 3.8) is 0 Å². The lowest BCUT2D eigenvalue weighted by Gasteiger charge is -2.31. The lowest BCUT2D eigenvalue weighted by molar-refractivity contribution is -0.130. The number of ether oxygens (including phenoxy) is 2. The van der Waals surface area contributed by atoms with Crippen molar-refractivity contribution in [2.45, 2.75) is 39.7 Å². The number of piperidine rings is 1. The molecule has 2 rings (SSSR count). The predicted octanol–water partition coefficient (Wildman–Crippen LogP) is 2.18. The van der Waals surface area contributed by atoms with E-state index < -0.39 is 0 Å². The number of amides is 1. The average molecular weight is 278 g/mol. The van der Waals surface area contributed by atoms with E-state index in [0.717, 1.165) is 31.5 Å². The standard InChI is InChI=1S/C15H22N2O3/c1-4-19-15-11(2)5-6-14(16-15)20-13-7-9-17(10-8-13)12(3)18/h5-6,13H,4,7-10H2,1-3H3. The van der Waals surface area contributed by atoms with Crippen LogP contribution in [-0.4, -0.2) is 41.6 Å². The van der Waals surface area contributed by atoms with E-state index in [2.05, 4.69) is 4.98 Å². The second-order valence-corrected chi connectivity index (χ2v) is 5.03. The van der Waals surface area contributed by atoms with Crippen LogP contribution in [0.3, 0.4) is 0 Å². The molecule has 0 bridgehead atoms. The highest BCUT2D eigenvalue weighted by Crippen LogP contribution is 2.22. The van der Waals surface area contributed by atoms with Crippen molar-refractivity contribution >= 4 is 5.91 Å². The lowest BCUT2D eigenvalue weighted by Crippen LogP contribution is -2.40. The summed E-state index contributed by atoms with van der Waals surface area (Å²) in [7, 11) is 0. The molecule has 0 aromatic carbocycles. The van der Waals surface area contributed by atoms with Crippen molar-refractivity contribution in [3.8, 4) is 11.8 Å². The Hall–Kier alpha value is -1.78. The van der Waals surface area contributed by atoms with E-state index in [1.165, 1.54) is 0 Å². The summed E-state index contributed by atoms with van der Waals surface area (Å²) in [5.74, 6) is 1.36. The molecule has 1 fully saturated rings. The van der Waals surface area contributed by atoms with Gasteiger partial charge in [0.2, 0.25) is 17.7 Å². The van der Waals surface area contributed by atoms with Crippen molar-refractivity contribution in [1.82, 2.24) is 9.88 Å². The van der Waals surface area contributed by atoms with E-state index in [4.69, 9.17) is 9.47 Å². The summed E-state index contributed by atoms with van der Waals surface area (Å²) < 4.78 is 11.4. The molecule has 5 nitrogen and oxygen atoms in total. The van der Waals surface area contributed by atoms with Gasteiger partial charge in [0, 0.05) is 44.5 Å². The molecule has 5 heteroatoms. The van der Waals surface area contributed by atoms with Gasteiger partial charge in [0.25, 0.3) is 0 Å². The maximum absolute atomic E-state index is 11.3. The van der Waals surface area contributed by atoms with Gasteiger partial charge < -0.3 is 14.4 Å². The fraction of sp³-hybridized carbons (Fsp3) is 0.600. The van der Waals surface area contributed by atoms with Gasteiger partial charge in [0.1, 0.15) is 6.10 Å². The van der Waals surface area contributed by atoms with Gasteiger partial charge in [-0.3, -0.25) is 4.79 Å². The first-order valence-electron chi connectivity index (χ1n) is 7.12. The van der Waals surface area contributed by atoms with Crippen molar-refractivity contribution in [2.75, 3.05) is 19.7 Å². The highest BCUT2D eigenvalue weighted by Gasteiger charge is 2.22. The lowest BCUT2D eigenvalue weighted by atomic mass is 10.1. The largest absolute Gasteiger partial charge is 0.478 e. The molecule has 1 saturated heterocycles. The summed E-state index contributed by atoms with van der Waals surface area (Å²) in [5.41, 5.74) is 1.01. The van der Waals surface area contributed by atoms with Gasteiger partial charge in [-0.25, -0.2) is 0 Å². The number of hydrogen-bond acceptors (Lipinski definition) is 4. The first kappa shape index (κ1) is 14.6. The Morgan fingerprint density at radius 1 is 1.40 bits per heavy atom. The van der Waals surface area contributed by atoms with Crippen LogP contribution < -0.4 is 9.47 Å². The molecule has 0 aliphatic carbocycles. The number of nitrogens with zero attached hydrogens (tertiary/aromatic N) is 2. The molecule has 110 valence electrons. The predicted molar refractivity (Wildman–Crippen MR) is 76.0 cm³/mol. The van der Waals surface area contributed by atoms with Crippen LogP contribution in [0.25, 0.3) is 0 Å². The number of aromatic nitrogens is 1. The number of rotatable bonds is 4. The first-order valence-corrected chi connectivity index (χ1v) is 7.12. The van der Waals surface area contributed by atoms with Crippen LogP contribution in [0.2, 0.25) is 0 Å². The Balaban J connectivity index is 1.94. The first-order chi connectivity index (χ1) is 9.60. The summed E-state index contributed by atoms with van der Waals surface area (Å²) in [6.45, 7) is 7.61. The van der Waals surface area contributed by atoms with Crippen LogP contribution in [0.1, 0.15) is 32.3 Å². The highest BCUT2D eigenvalue weighted by molar-refractivity contribution is 5.73. The highest BCUT2D eigenvalue weighted by atomic mass is 16.5. The van der Waals surface area contributed by atoms with E-state index in [1.54, 1.807) is 6.92 Å². The quantitative estimate of drug-likeness (QED) is 0.847. The van der Waals surface area contributed by atoms with E-state index in [9.17, 15) is 4.79 Å². The summed E-state index contributed by atoms with van der Waals surface area (Å²) in [5, 5.41) is 0. The zero-order valence-corrected chi connectivity index (χ0v) is 12.4. The van der Waals surface area contributed by atoms with Crippen LogP contribution in [-0.2, 0) is 4.79 Å². The normalized spacial score (nSPS) is 16.1. The minimum absolute atomic E-state index is 0.121. The number of pyridine rings is 1. The Bertz CT molecular complexity index is 468. The van der Waals surface area contributed by atoms with Gasteiger partial charge in [-0.15, -0.1) is 0 Å². The second kappa shape index (κ2) is 6.59. The number of hydrogen-bond donors (Lipinski definition) is 0. The second-order valence-electron chi connectivity index (χ2n) is 5.03. The molecule has 0 saturated carbocycles. The number of aryl methyl sites for hydroxylation is 1. The average Bonchev–Trinajstić information content (AvgIpc) is 2.43. The summed E-state index contributed by atoms with van der Waals surface area (Å²) in [6.07, 6.45) is 1.81. The summed E-state index contributed by atoms with van der Waals surface area (Å²) in [4.78, 5) is 17.5. The molecule has 1 aliphatic rings. The topological polar surface area (TPSA) is 51.7 Å². The maximum atomic E-state index is 11.3. The molecule has 1 aliphatic heterocycles. The smallest absolute Gasteiger partial charge is 0.219 e. The number of carbonyl (C=O) groups excluding carboxylic acids is 1. The molecule has 0 spiro atoms. The van der Waals surface area contributed by atoms with Crippen molar-refractivity contribution in [3.05, 3.63) is 17.7 Å². The molecule has 0 atom stereocenters. The zero-order chi connectivity index (χ0) is 14.5. The van der Waals surface area contributed by atoms with Crippen molar-refractivity contribution < 1.29 is 14.3 Å². The van der Waals surface area contributed by atoms with Gasteiger partial charge in [0.15, 0.2) is 0 Å². The van der Waals surface area contributed by atoms with E-state index in [1.807, 2.05) is 30.9 Å².